The lowest BCUT2D eigenvalue weighted by Gasteiger charge is -2.38. The number of morpholine rings is 1. The van der Waals surface area contributed by atoms with Gasteiger partial charge in [0.05, 0.1) is 36.3 Å². The summed E-state index contributed by atoms with van der Waals surface area (Å²) in [7, 11) is 0. The summed E-state index contributed by atoms with van der Waals surface area (Å²) < 4.78 is 6.02. The summed E-state index contributed by atoms with van der Waals surface area (Å²) in [4.78, 5) is 14.7. The van der Waals surface area contributed by atoms with E-state index in [9.17, 15) is 4.79 Å². The van der Waals surface area contributed by atoms with Crippen LogP contribution >= 0.6 is 0 Å². The Morgan fingerprint density at radius 3 is 2.80 bits per heavy atom. The van der Waals surface area contributed by atoms with Gasteiger partial charge in [0.15, 0.2) is 0 Å². The molecule has 6 heteroatoms. The van der Waals surface area contributed by atoms with Crippen LogP contribution in [0.1, 0.15) is 35.5 Å². The van der Waals surface area contributed by atoms with Crippen molar-refractivity contribution in [3.05, 3.63) is 46.8 Å². The molecule has 1 aliphatic rings. The Labute approximate surface area is 148 Å². The van der Waals surface area contributed by atoms with E-state index in [0.29, 0.717) is 19.7 Å². The van der Waals surface area contributed by atoms with Gasteiger partial charge in [0.1, 0.15) is 0 Å². The quantitative estimate of drug-likeness (QED) is 0.896. The fraction of sp³-hybridized carbons (Fsp3) is 0.474. The van der Waals surface area contributed by atoms with Crippen LogP contribution in [-0.2, 0) is 9.53 Å². The van der Waals surface area contributed by atoms with E-state index in [1.54, 1.807) is 0 Å². The molecule has 6 nitrogen and oxygen atoms in total. The molecule has 134 valence electrons. The number of amides is 1. The maximum atomic E-state index is 12.5. The number of nitrogens with zero attached hydrogens (tertiary/aromatic N) is 2. The third-order valence-corrected chi connectivity index (χ3v) is 4.84. The molecule has 1 aromatic carbocycles. The van der Waals surface area contributed by atoms with Crippen molar-refractivity contribution < 1.29 is 9.53 Å². The normalized spacial score (nSPS) is 21.3. The minimum absolute atomic E-state index is 0.00241. The van der Waals surface area contributed by atoms with E-state index in [2.05, 4.69) is 46.4 Å². The van der Waals surface area contributed by atoms with Gasteiger partial charge in [-0.1, -0.05) is 24.3 Å². The van der Waals surface area contributed by atoms with Crippen molar-refractivity contribution in [1.29, 1.82) is 0 Å². The van der Waals surface area contributed by atoms with E-state index in [4.69, 9.17) is 4.74 Å². The number of carbonyl (C=O) groups excluding carboxylic acids is 1. The number of aromatic nitrogens is 2. The molecule has 1 aliphatic heterocycles. The van der Waals surface area contributed by atoms with Gasteiger partial charge < -0.3 is 10.1 Å². The van der Waals surface area contributed by atoms with Crippen molar-refractivity contribution in [3.63, 3.8) is 0 Å². The average Bonchev–Trinajstić information content (AvgIpc) is 2.89. The van der Waals surface area contributed by atoms with E-state index in [1.165, 1.54) is 11.1 Å². The van der Waals surface area contributed by atoms with Crippen molar-refractivity contribution >= 4 is 11.6 Å². The van der Waals surface area contributed by atoms with Gasteiger partial charge in [-0.15, -0.1) is 0 Å². The van der Waals surface area contributed by atoms with Crippen molar-refractivity contribution in [2.24, 2.45) is 0 Å². The van der Waals surface area contributed by atoms with Gasteiger partial charge in [0.25, 0.3) is 0 Å². The van der Waals surface area contributed by atoms with Crippen molar-refractivity contribution in [1.82, 2.24) is 15.1 Å². The maximum absolute atomic E-state index is 12.5. The monoisotopic (exact) mass is 342 g/mol. The fourth-order valence-electron chi connectivity index (χ4n) is 3.26. The molecule has 2 atom stereocenters. The number of rotatable bonds is 4. The zero-order valence-corrected chi connectivity index (χ0v) is 15.3. The smallest absolute Gasteiger partial charge is 0.238 e. The Bertz CT molecular complexity index is 736. The minimum Gasteiger partial charge on any atom is -0.371 e. The Hall–Kier alpha value is -2.18. The number of benzene rings is 1. The molecule has 0 spiro atoms. The van der Waals surface area contributed by atoms with E-state index < -0.39 is 0 Å². The van der Waals surface area contributed by atoms with E-state index in [0.717, 1.165) is 17.1 Å². The summed E-state index contributed by atoms with van der Waals surface area (Å²) in [5.74, 6) is -0.0233. The number of carbonyl (C=O) groups is 1. The van der Waals surface area contributed by atoms with Gasteiger partial charge in [-0.25, -0.2) is 0 Å². The SMILES string of the molecule is Cc1ccccc1C1CN(CC(=O)Nc2c(C)n[nH]c2C)C(C)CO1. The standard InChI is InChI=1S/C19H26N4O2/c1-12-7-5-6-8-16(12)17-9-23(13(2)11-25-17)10-18(24)20-19-14(3)21-22-15(19)4/h5-8,13,17H,9-11H2,1-4H3,(H,20,24)(H,21,22). The van der Waals surface area contributed by atoms with Gasteiger partial charge in [-0.05, 0) is 38.8 Å². The molecule has 0 saturated carbocycles. The van der Waals surface area contributed by atoms with Crippen molar-refractivity contribution in [2.45, 2.75) is 39.8 Å². The third-order valence-electron chi connectivity index (χ3n) is 4.84. The molecule has 0 radical (unpaired) electrons. The molecule has 2 heterocycles. The second-order valence-electron chi connectivity index (χ2n) is 6.81. The predicted octanol–water partition coefficient (Wildman–Crippen LogP) is 2.74. The highest BCUT2D eigenvalue weighted by molar-refractivity contribution is 5.93. The first-order valence-corrected chi connectivity index (χ1v) is 8.68. The number of hydrogen-bond donors (Lipinski definition) is 2. The van der Waals surface area contributed by atoms with Gasteiger partial charge in [0.2, 0.25) is 5.91 Å². The first-order chi connectivity index (χ1) is 12.0. The van der Waals surface area contributed by atoms with Crippen LogP contribution in [0.4, 0.5) is 5.69 Å². The number of hydrogen-bond acceptors (Lipinski definition) is 4. The lowest BCUT2D eigenvalue weighted by Crippen LogP contribution is -2.48. The lowest BCUT2D eigenvalue weighted by atomic mass is 10.0. The van der Waals surface area contributed by atoms with Crippen molar-refractivity contribution in [2.75, 3.05) is 25.0 Å². The van der Waals surface area contributed by atoms with Crippen molar-refractivity contribution in [3.8, 4) is 0 Å². The van der Waals surface area contributed by atoms with Gasteiger partial charge in [-0.3, -0.25) is 14.8 Å². The summed E-state index contributed by atoms with van der Waals surface area (Å²) in [5.41, 5.74) is 4.87. The number of H-pyrrole nitrogens is 1. The summed E-state index contributed by atoms with van der Waals surface area (Å²) in [6.45, 7) is 9.65. The van der Waals surface area contributed by atoms with Crippen LogP contribution in [0.3, 0.4) is 0 Å². The zero-order chi connectivity index (χ0) is 18.0. The van der Waals surface area contributed by atoms with E-state index >= 15 is 0 Å². The number of ether oxygens (including phenoxy) is 1. The van der Waals surface area contributed by atoms with Crippen LogP contribution in [0.5, 0.6) is 0 Å². The fourth-order valence-corrected chi connectivity index (χ4v) is 3.26. The van der Waals surface area contributed by atoms with E-state index in [1.807, 2.05) is 26.0 Å². The molecule has 1 saturated heterocycles. The summed E-state index contributed by atoms with van der Waals surface area (Å²) in [6, 6.07) is 8.47. The second kappa shape index (κ2) is 7.37. The second-order valence-corrected chi connectivity index (χ2v) is 6.81. The highest BCUT2D eigenvalue weighted by Crippen LogP contribution is 2.27. The van der Waals surface area contributed by atoms with Crippen LogP contribution < -0.4 is 5.32 Å². The number of aromatic amines is 1. The molecular formula is C19H26N4O2. The molecule has 3 rings (SSSR count). The number of nitrogens with one attached hydrogen (secondary N) is 2. The summed E-state index contributed by atoms with van der Waals surface area (Å²) >= 11 is 0. The molecule has 0 aliphatic carbocycles. The molecule has 2 aromatic rings. The number of anilines is 1. The topological polar surface area (TPSA) is 70.2 Å². The zero-order valence-electron chi connectivity index (χ0n) is 15.3. The minimum atomic E-state index is -0.0233. The van der Waals surface area contributed by atoms with Crippen LogP contribution in [0.25, 0.3) is 0 Å². The average molecular weight is 342 g/mol. The first kappa shape index (κ1) is 17.6. The first-order valence-electron chi connectivity index (χ1n) is 8.68. The van der Waals surface area contributed by atoms with Crippen LogP contribution in [0.2, 0.25) is 0 Å². The third kappa shape index (κ3) is 3.91. The largest absolute Gasteiger partial charge is 0.371 e. The molecule has 0 bridgehead atoms. The molecular weight excluding hydrogens is 316 g/mol. The molecule has 1 fully saturated rings. The predicted molar refractivity (Wildman–Crippen MR) is 97.6 cm³/mol. The molecule has 25 heavy (non-hydrogen) atoms. The van der Waals surface area contributed by atoms with Gasteiger partial charge in [0, 0.05) is 12.6 Å². The van der Waals surface area contributed by atoms with Gasteiger partial charge in [-0.2, -0.15) is 5.10 Å². The van der Waals surface area contributed by atoms with Crippen LogP contribution in [0.15, 0.2) is 24.3 Å². The van der Waals surface area contributed by atoms with E-state index in [-0.39, 0.29) is 18.1 Å². The lowest BCUT2D eigenvalue weighted by molar-refractivity contribution is -0.121. The Balaban J connectivity index is 1.66. The summed E-state index contributed by atoms with van der Waals surface area (Å²) in [6.07, 6.45) is 0.00241. The van der Waals surface area contributed by atoms with Crippen LogP contribution in [-0.4, -0.2) is 46.7 Å². The Kier molecular flexibility index (Phi) is 5.20. The molecule has 1 amide bonds. The Morgan fingerprint density at radius 2 is 2.12 bits per heavy atom. The molecule has 2 unspecified atom stereocenters. The highest BCUT2D eigenvalue weighted by atomic mass is 16.5. The molecule has 1 aromatic heterocycles. The maximum Gasteiger partial charge on any atom is 0.238 e. The van der Waals surface area contributed by atoms with Gasteiger partial charge >= 0.3 is 0 Å². The summed E-state index contributed by atoms with van der Waals surface area (Å²) in [5, 5.41) is 9.99. The Morgan fingerprint density at radius 1 is 1.36 bits per heavy atom. The van der Waals surface area contributed by atoms with Crippen LogP contribution in [0, 0.1) is 20.8 Å². The highest BCUT2D eigenvalue weighted by Gasteiger charge is 2.29. The number of aryl methyl sites for hydroxylation is 3. The molecule has 2 N–H and O–H groups in total.